The fraction of sp³-hybridized carbons (Fsp3) is 0.222. The van der Waals surface area contributed by atoms with E-state index in [1.165, 1.54) is 32.2 Å². The van der Waals surface area contributed by atoms with E-state index < -0.39 is 15.9 Å². The third-order valence-electron chi connectivity index (χ3n) is 3.52. The summed E-state index contributed by atoms with van der Waals surface area (Å²) in [5, 5.41) is 5.30. The Hall–Kier alpha value is -2.91. The molecule has 0 fully saturated rings. The second-order valence-corrected chi connectivity index (χ2v) is 7.34. The maximum absolute atomic E-state index is 12.6. The van der Waals surface area contributed by atoms with Crippen molar-refractivity contribution in [3.63, 3.8) is 0 Å². The van der Waals surface area contributed by atoms with E-state index in [1.54, 1.807) is 31.2 Å². The van der Waals surface area contributed by atoms with Crippen molar-refractivity contribution in [1.29, 1.82) is 0 Å². The van der Waals surface area contributed by atoms with E-state index in [1.807, 2.05) is 0 Å². The molecule has 0 aliphatic carbocycles. The van der Waals surface area contributed by atoms with Gasteiger partial charge in [0.15, 0.2) is 0 Å². The molecule has 9 heteroatoms. The van der Waals surface area contributed by atoms with Crippen LogP contribution in [0.4, 0.5) is 11.4 Å². The Kier molecular flexibility index (Phi) is 6.54. The van der Waals surface area contributed by atoms with Crippen molar-refractivity contribution in [2.24, 2.45) is 0 Å². The topological polar surface area (TPSA) is 114 Å². The summed E-state index contributed by atoms with van der Waals surface area (Å²) >= 11 is 0. The minimum absolute atomic E-state index is 0.0312. The Labute approximate surface area is 158 Å². The van der Waals surface area contributed by atoms with Gasteiger partial charge >= 0.3 is 0 Å². The molecular weight excluding hydrogens is 370 g/mol. The Morgan fingerprint density at radius 3 is 2.11 bits per heavy atom. The quantitative estimate of drug-likeness (QED) is 0.670. The van der Waals surface area contributed by atoms with E-state index in [4.69, 9.17) is 4.74 Å². The van der Waals surface area contributed by atoms with Gasteiger partial charge in [-0.15, -0.1) is 0 Å². The van der Waals surface area contributed by atoms with Crippen molar-refractivity contribution in [2.75, 3.05) is 24.3 Å². The maximum Gasteiger partial charge on any atom is 0.259 e. The van der Waals surface area contributed by atoms with Crippen LogP contribution in [0, 0.1) is 0 Å². The number of carbonyl (C=O) groups is 2. The fourth-order valence-electron chi connectivity index (χ4n) is 2.34. The smallest absolute Gasteiger partial charge is 0.259 e. The first-order valence-electron chi connectivity index (χ1n) is 8.13. The molecule has 0 aliphatic heterocycles. The number of ether oxygens (including phenoxy) is 1. The molecule has 27 heavy (non-hydrogen) atoms. The van der Waals surface area contributed by atoms with Crippen molar-refractivity contribution in [2.45, 2.75) is 18.7 Å². The fourth-order valence-corrected chi connectivity index (χ4v) is 3.41. The second-order valence-electron chi connectivity index (χ2n) is 5.58. The van der Waals surface area contributed by atoms with Crippen molar-refractivity contribution >= 4 is 33.2 Å². The van der Waals surface area contributed by atoms with E-state index in [9.17, 15) is 18.0 Å². The lowest BCUT2D eigenvalue weighted by Crippen LogP contribution is -2.24. The van der Waals surface area contributed by atoms with Crippen LogP contribution in [0.25, 0.3) is 0 Å². The summed E-state index contributed by atoms with van der Waals surface area (Å²) in [5.74, 6) is -0.472. The summed E-state index contributed by atoms with van der Waals surface area (Å²) in [7, 11) is -2.31. The van der Waals surface area contributed by atoms with Gasteiger partial charge in [-0.3, -0.25) is 9.59 Å². The molecule has 0 saturated carbocycles. The molecule has 0 bridgehead atoms. The van der Waals surface area contributed by atoms with Crippen LogP contribution in [-0.2, 0) is 14.8 Å². The Morgan fingerprint density at radius 1 is 1.00 bits per heavy atom. The number of amides is 2. The molecule has 0 heterocycles. The van der Waals surface area contributed by atoms with E-state index in [-0.39, 0.29) is 28.7 Å². The molecular formula is C18H21N3O5S. The summed E-state index contributed by atoms with van der Waals surface area (Å²) in [6.07, 6.45) is 0. The molecule has 0 saturated heterocycles. The largest absolute Gasteiger partial charge is 0.496 e. The van der Waals surface area contributed by atoms with Gasteiger partial charge in [0.1, 0.15) is 5.75 Å². The third-order valence-corrected chi connectivity index (χ3v) is 5.07. The van der Waals surface area contributed by atoms with Gasteiger partial charge in [-0.05, 0) is 42.5 Å². The van der Waals surface area contributed by atoms with Gasteiger partial charge in [-0.25, -0.2) is 13.1 Å². The predicted molar refractivity (Wildman–Crippen MR) is 103 cm³/mol. The molecule has 0 atom stereocenters. The zero-order chi connectivity index (χ0) is 20.0. The van der Waals surface area contributed by atoms with Crippen LogP contribution in [0.2, 0.25) is 0 Å². The number of carbonyl (C=O) groups excluding carboxylic acids is 2. The van der Waals surface area contributed by atoms with Gasteiger partial charge in [0.05, 0.1) is 17.6 Å². The van der Waals surface area contributed by atoms with Crippen molar-refractivity contribution in [1.82, 2.24) is 4.72 Å². The number of hydrogen-bond donors (Lipinski definition) is 3. The standard InChI is InChI=1S/C18H21N3O5S/c1-4-19-27(24,25)15-9-10-17(26-3)16(11-15)18(23)21-14-7-5-13(6-8-14)20-12(2)22/h5-11,19H,4H2,1-3H3,(H,20,22)(H,21,23). The first-order chi connectivity index (χ1) is 12.8. The van der Waals surface area contributed by atoms with E-state index in [0.717, 1.165) is 0 Å². The van der Waals surface area contributed by atoms with E-state index in [0.29, 0.717) is 11.4 Å². The minimum atomic E-state index is -3.71. The molecule has 2 rings (SSSR count). The number of benzene rings is 2. The SMILES string of the molecule is CCNS(=O)(=O)c1ccc(OC)c(C(=O)Nc2ccc(NC(C)=O)cc2)c1. The van der Waals surface area contributed by atoms with Gasteiger partial charge in [0.2, 0.25) is 15.9 Å². The summed E-state index contributed by atoms with van der Waals surface area (Å²) in [4.78, 5) is 23.6. The van der Waals surface area contributed by atoms with Crippen LogP contribution in [-0.4, -0.2) is 33.9 Å². The monoisotopic (exact) mass is 391 g/mol. The summed E-state index contributed by atoms with van der Waals surface area (Å²) in [6.45, 7) is 3.30. The first-order valence-corrected chi connectivity index (χ1v) is 9.62. The molecule has 3 N–H and O–H groups in total. The van der Waals surface area contributed by atoms with E-state index in [2.05, 4.69) is 15.4 Å². The van der Waals surface area contributed by atoms with Crippen LogP contribution in [0.5, 0.6) is 5.75 Å². The molecule has 2 aromatic carbocycles. The Bertz CT molecular complexity index is 940. The summed E-state index contributed by atoms with van der Waals surface area (Å²) in [5.41, 5.74) is 1.16. The van der Waals surface area contributed by atoms with Crippen molar-refractivity contribution < 1.29 is 22.7 Å². The van der Waals surface area contributed by atoms with Gasteiger partial charge in [-0.2, -0.15) is 0 Å². The van der Waals surface area contributed by atoms with Gasteiger partial charge in [0, 0.05) is 24.8 Å². The number of methoxy groups -OCH3 is 1. The molecule has 2 amide bonds. The maximum atomic E-state index is 12.6. The minimum Gasteiger partial charge on any atom is -0.496 e. The molecule has 144 valence electrons. The molecule has 8 nitrogen and oxygen atoms in total. The second kappa shape index (κ2) is 8.65. The molecule has 0 aliphatic rings. The first kappa shape index (κ1) is 20.4. The third kappa shape index (κ3) is 5.28. The van der Waals surface area contributed by atoms with Gasteiger partial charge in [-0.1, -0.05) is 6.92 Å². The average Bonchev–Trinajstić information content (AvgIpc) is 2.62. The molecule has 0 unspecified atom stereocenters. The number of hydrogen-bond acceptors (Lipinski definition) is 5. The predicted octanol–water partition coefficient (Wildman–Crippen LogP) is 2.20. The van der Waals surface area contributed by atoms with Crippen molar-refractivity contribution in [3.05, 3.63) is 48.0 Å². The number of nitrogens with one attached hydrogen (secondary N) is 3. The zero-order valence-electron chi connectivity index (χ0n) is 15.2. The molecule has 2 aromatic rings. The average molecular weight is 391 g/mol. The van der Waals surface area contributed by atoms with Gasteiger partial charge < -0.3 is 15.4 Å². The Morgan fingerprint density at radius 2 is 1.59 bits per heavy atom. The molecule has 0 radical (unpaired) electrons. The number of anilines is 2. The number of rotatable bonds is 7. The number of sulfonamides is 1. The van der Waals surface area contributed by atoms with Crippen LogP contribution in [0.15, 0.2) is 47.4 Å². The summed E-state index contributed by atoms with van der Waals surface area (Å²) < 4.78 is 31.9. The zero-order valence-corrected chi connectivity index (χ0v) is 16.0. The van der Waals surface area contributed by atoms with Crippen molar-refractivity contribution in [3.8, 4) is 5.75 Å². The highest BCUT2D eigenvalue weighted by Gasteiger charge is 2.19. The Balaban J connectivity index is 2.28. The van der Waals surface area contributed by atoms with Gasteiger partial charge in [0.25, 0.3) is 5.91 Å². The molecule has 0 spiro atoms. The van der Waals surface area contributed by atoms with Crippen LogP contribution < -0.4 is 20.1 Å². The highest BCUT2D eigenvalue weighted by molar-refractivity contribution is 7.89. The normalized spacial score (nSPS) is 10.9. The lowest BCUT2D eigenvalue weighted by Gasteiger charge is -2.12. The van der Waals surface area contributed by atoms with Crippen LogP contribution in [0.3, 0.4) is 0 Å². The lowest BCUT2D eigenvalue weighted by atomic mass is 10.1. The lowest BCUT2D eigenvalue weighted by molar-refractivity contribution is -0.114. The summed E-state index contributed by atoms with van der Waals surface area (Å²) in [6, 6.07) is 10.6. The van der Waals surface area contributed by atoms with Crippen LogP contribution >= 0.6 is 0 Å². The highest BCUT2D eigenvalue weighted by Crippen LogP contribution is 2.24. The highest BCUT2D eigenvalue weighted by atomic mass is 32.2. The van der Waals surface area contributed by atoms with Crippen LogP contribution in [0.1, 0.15) is 24.2 Å². The molecule has 0 aromatic heterocycles. The van der Waals surface area contributed by atoms with E-state index >= 15 is 0 Å².